The number of hydrogen-bond donors (Lipinski definition) is 1. The van der Waals surface area contributed by atoms with E-state index in [1.165, 1.54) is 11.8 Å². The zero-order valence-electron chi connectivity index (χ0n) is 10.7. The van der Waals surface area contributed by atoms with Gasteiger partial charge in [0.25, 0.3) is 5.56 Å². The quantitative estimate of drug-likeness (QED) is 0.697. The highest BCUT2D eigenvalue weighted by molar-refractivity contribution is 7.99. The van der Waals surface area contributed by atoms with Crippen LogP contribution in [0.5, 0.6) is 0 Å². The molecule has 6 heteroatoms. The van der Waals surface area contributed by atoms with E-state index in [-0.39, 0.29) is 24.3 Å². The Labute approximate surface area is 118 Å². The minimum Gasteiger partial charge on any atom is -0.301 e. The van der Waals surface area contributed by atoms with Crippen LogP contribution in [-0.2, 0) is 0 Å². The molecule has 0 saturated heterocycles. The first kappa shape index (κ1) is 13.5. The molecule has 1 unspecified atom stereocenters. The molecule has 0 aliphatic heterocycles. The van der Waals surface area contributed by atoms with E-state index in [4.69, 9.17) is 0 Å². The maximum atomic E-state index is 13.1. The number of aromatic nitrogens is 2. The predicted molar refractivity (Wildman–Crippen MR) is 75.4 cm³/mol. The number of nitrogens with one attached hydrogen (secondary N) is 1. The molecule has 1 saturated carbocycles. The molecule has 1 fully saturated rings. The fourth-order valence-corrected chi connectivity index (χ4v) is 3.52. The van der Waals surface area contributed by atoms with Crippen molar-refractivity contribution in [3.05, 3.63) is 34.6 Å². The van der Waals surface area contributed by atoms with Gasteiger partial charge in [-0.1, -0.05) is 23.9 Å². The average Bonchev–Trinajstić information content (AvgIpc) is 2.76. The summed E-state index contributed by atoms with van der Waals surface area (Å²) >= 11 is 1.35. The van der Waals surface area contributed by atoms with Crippen LogP contribution >= 0.6 is 11.8 Å². The van der Waals surface area contributed by atoms with Gasteiger partial charge in [-0.3, -0.25) is 4.79 Å². The van der Waals surface area contributed by atoms with Crippen molar-refractivity contribution in [1.82, 2.24) is 9.97 Å². The minimum absolute atomic E-state index is 0.00762. The summed E-state index contributed by atoms with van der Waals surface area (Å²) in [6.07, 6.45) is 0.454. The Kier molecular flexibility index (Phi) is 3.50. The number of rotatable bonds is 3. The summed E-state index contributed by atoms with van der Waals surface area (Å²) in [6.45, 7) is 0. The molecule has 1 aromatic carbocycles. The van der Waals surface area contributed by atoms with Crippen molar-refractivity contribution in [3.63, 3.8) is 0 Å². The van der Waals surface area contributed by atoms with Crippen LogP contribution in [0.15, 0.2) is 34.2 Å². The summed E-state index contributed by atoms with van der Waals surface area (Å²) in [7, 11) is 0. The highest BCUT2D eigenvalue weighted by Crippen LogP contribution is 2.40. The van der Waals surface area contributed by atoms with E-state index < -0.39 is 5.92 Å². The van der Waals surface area contributed by atoms with Crippen LogP contribution in [0.25, 0.3) is 10.9 Å². The number of alkyl halides is 2. The largest absolute Gasteiger partial charge is 0.301 e. The van der Waals surface area contributed by atoms with E-state index in [2.05, 4.69) is 9.97 Å². The van der Waals surface area contributed by atoms with Gasteiger partial charge in [-0.15, -0.1) is 0 Å². The summed E-state index contributed by atoms with van der Waals surface area (Å²) in [4.78, 5) is 18.9. The molecule has 1 atom stereocenters. The number of fused-ring (bicyclic) bond motifs is 1. The summed E-state index contributed by atoms with van der Waals surface area (Å²) in [6, 6.07) is 7.10. The highest BCUT2D eigenvalue weighted by Gasteiger charge is 2.39. The molecule has 0 radical (unpaired) electrons. The molecule has 3 rings (SSSR count). The smallest absolute Gasteiger partial charge is 0.259 e. The number of aromatic amines is 1. The molecule has 1 aliphatic carbocycles. The van der Waals surface area contributed by atoms with Crippen LogP contribution in [-0.4, -0.2) is 21.6 Å². The van der Waals surface area contributed by atoms with Gasteiger partial charge >= 0.3 is 0 Å². The van der Waals surface area contributed by atoms with Crippen molar-refractivity contribution in [2.75, 3.05) is 5.75 Å². The van der Waals surface area contributed by atoms with Crippen molar-refractivity contribution in [2.24, 2.45) is 5.92 Å². The number of benzene rings is 1. The molecule has 1 aliphatic rings. The zero-order chi connectivity index (χ0) is 14.2. The van der Waals surface area contributed by atoms with E-state index in [1.54, 1.807) is 18.2 Å². The van der Waals surface area contributed by atoms with Crippen molar-refractivity contribution in [2.45, 2.75) is 30.3 Å². The van der Waals surface area contributed by atoms with Gasteiger partial charge in [-0.25, -0.2) is 13.8 Å². The van der Waals surface area contributed by atoms with Crippen molar-refractivity contribution in [3.8, 4) is 0 Å². The lowest BCUT2D eigenvalue weighted by Crippen LogP contribution is -2.12. The Morgan fingerprint density at radius 2 is 2.20 bits per heavy atom. The average molecular weight is 296 g/mol. The fourth-order valence-electron chi connectivity index (χ4n) is 2.51. The Bertz CT molecular complexity index is 686. The van der Waals surface area contributed by atoms with Crippen molar-refractivity contribution < 1.29 is 8.78 Å². The molecule has 1 heterocycles. The first-order valence-corrected chi connectivity index (χ1v) is 7.52. The van der Waals surface area contributed by atoms with Crippen LogP contribution in [0.3, 0.4) is 0 Å². The van der Waals surface area contributed by atoms with Gasteiger partial charge in [0.2, 0.25) is 5.92 Å². The second kappa shape index (κ2) is 5.16. The number of nitrogens with zero attached hydrogens (tertiary/aromatic N) is 1. The predicted octanol–water partition coefficient (Wildman–Crippen LogP) is 3.45. The number of H-pyrrole nitrogens is 1. The monoisotopic (exact) mass is 296 g/mol. The minimum atomic E-state index is -2.52. The zero-order valence-corrected chi connectivity index (χ0v) is 11.6. The Morgan fingerprint density at radius 1 is 1.40 bits per heavy atom. The first-order chi connectivity index (χ1) is 9.53. The van der Waals surface area contributed by atoms with Crippen molar-refractivity contribution in [1.29, 1.82) is 0 Å². The molecule has 106 valence electrons. The summed E-state index contributed by atoms with van der Waals surface area (Å²) in [5, 5.41) is 1.05. The van der Waals surface area contributed by atoms with Gasteiger partial charge in [-0.2, -0.15) is 0 Å². The molecule has 20 heavy (non-hydrogen) atoms. The van der Waals surface area contributed by atoms with Crippen LogP contribution in [0.4, 0.5) is 8.78 Å². The molecule has 0 amide bonds. The molecule has 0 bridgehead atoms. The molecular weight excluding hydrogens is 282 g/mol. The summed E-state index contributed by atoms with van der Waals surface area (Å²) in [5.74, 6) is -1.96. The van der Waals surface area contributed by atoms with Crippen LogP contribution in [0, 0.1) is 5.92 Å². The lowest BCUT2D eigenvalue weighted by atomic mass is 10.1. The van der Waals surface area contributed by atoms with E-state index >= 15 is 0 Å². The summed E-state index contributed by atoms with van der Waals surface area (Å²) < 4.78 is 26.2. The standard InChI is InChI=1S/C14H14F2N2OS/c15-14(16)6-5-9(7-14)8-20-13-17-11-4-2-1-3-10(11)12(19)18-13/h1-4,9H,5-8H2,(H,17,18,19). The van der Waals surface area contributed by atoms with E-state index in [1.807, 2.05) is 6.07 Å². The topological polar surface area (TPSA) is 45.8 Å². The van der Waals surface area contributed by atoms with Crippen molar-refractivity contribution >= 4 is 22.7 Å². The van der Waals surface area contributed by atoms with Gasteiger partial charge in [0.05, 0.1) is 10.9 Å². The van der Waals surface area contributed by atoms with Gasteiger partial charge < -0.3 is 4.98 Å². The summed E-state index contributed by atoms with van der Waals surface area (Å²) in [5.41, 5.74) is 0.449. The third-order valence-electron chi connectivity index (χ3n) is 3.55. The van der Waals surface area contributed by atoms with Crippen LogP contribution in [0.2, 0.25) is 0 Å². The number of hydrogen-bond acceptors (Lipinski definition) is 3. The fraction of sp³-hybridized carbons (Fsp3) is 0.429. The Hall–Kier alpha value is -1.43. The molecular formula is C14H14F2N2OS. The molecule has 3 nitrogen and oxygen atoms in total. The second-order valence-corrected chi connectivity index (χ2v) is 6.17. The lowest BCUT2D eigenvalue weighted by Gasteiger charge is -2.09. The highest BCUT2D eigenvalue weighted by atomic mass is 32.2. The number of para-hydroxylation sites is 1. The van der Waals surface area contributed by atoms with E-state index in [0.717, 1.165) is 0 Å². The maximum absolute atomic E-state index is 13.1. The second-order valence-electron chi connectivity index (χ2n) is 5.16. The van der Waals surface area contributed by atoms with Gasteiger partial charge in [0, 0.05) is 18.6 Å². The van der Waals surface area contributed by atoms with Crippen LogP contribution < -0.4 is 5.56 Å². The van der Waals surface area contributed by atoms with E-state index in [0.29, 0.717) is 28.2 Å². The van der Waals surface area contributed by atoms with Gasteiger partial charge in [-0.05, 0) is 24.5 Å². The molecule has 0 spiro atoms. The Morgan fingerprint density at radius 3 is 2.95 bits per heavy atom. The third kappa shape index (κ3) is 2.85. The third-order valence-corrected chi connectivity index (χ3v) is 4.66. The molecule has 1 N–H and O–H groups in total. The normalized spacial score (nSPS) is 21.4. The van der Waals surface area contributed by atoms with E-state index in [9.17, 15) is 13.6 Å². The SMILES string of the molecule is O=c1[nH]c(SCC2CCC(F)(F)C2)nc2ccccc12. The van der Waals surface area contributed by atoms with Crippen LogP contribution in [0.1, 0.15) is 19.3 Å². The lowest BCUT2D eigenvalue weighted by molar-refractivity contribution is 0.00596. The molecule has 1 aromatic heterocycles. The maximum Gasteiger partial charge on any atom is 0.259 e. The van der Waals surface area contributed by atoms with Gasteiger partial charge in [0.15, 0.2) is 5.16 Å². The number of thioether (sulfide) groups is 1. The first-order valence-electron chi connectivity index (χ1n) is 6.53. The number of halogens is 2. The molecule has 2 aromatic rings. The Balaban J connectivity index is 1.74. The van der Waals surface area contributed by atoms with Gasteiger partial charge in [0.1, 0.15) is 0 Å².